The molecule has 3 amide bonds. The van der Waals surface area contributed by atoms with E-state index < -0.39 is 6.09 Å². The standard InChI is InChI=1S/C19H25N3O4/c1-13(2)18(24)21-9-5-6-14(12-21)17(23)20-15-7-3-4-8-16(15)22-10-11-26-19(22)25/h3-4,7-8,13-14H,5-6,9-12H2,1-2H3,(H,20,23). The highest BCUT2D eigenvalue weighted by atomic mass is 16.6. The van der Waals surface area contributed by atoms with Gasteiger partial charge >= 0.3 is 6.09 Å². The Kier molecular flexibility index (Phi) is 5.44. The lowest BCUT2D eigenvalue weighted by molar-refractivity contribution is -0.137. The lowest BCUT2D eigenvalue weighted by Crippen LogP contribution is -2.45. The molecular formula is C19H25N3O4. The fourth-order valence-corrected chi connectivity index (χ4v) is 3.42. The number of nitrogens with one attached hydrogen (secondary N) is 1. The van der Waals surface area contributed by atoms with Gasteiger partial charge in [-0.05, 0) is 25.0 Å². The van der Waals surface area contributed by atoms with Gasteiger partial charge in [-0.1, -0.05) is 26.0 Å². The number of carbonyl (C=O) groups is 3. The second-order valence-electron chi connectivity index (χ2n) is 7.05. The van der Waals surface area contributed by atoms with Crippen molar-refractivity contribution in [3.05, 3.63) is 24.3 Å². The molecule has 26 heavy (non-hydrogen) atoms. The Morgan fingerprint density at radius 2 is 2.00 bits per heavy atom. The molecule has 2 aliphatic rings. The average molecular weight is 359 g/mol. The number of carbonyl (C=O) groups excluding carboxylic acids is 3. The van der Waals surface area contributed by atoms with Crippen molar-refractivity contribution in [1.82, 2.24) is 4.90 Å². The molecule has 7 heteroatoms. The lowest BCUT2D eigenvalue weighted by Gasteiger charge is -2.33. The van der Waals surface area contributed by atoms with Crippen LogP contribution in [0.5, 0.6) is 0 Å². The fraction of sp³-hybridized carbons (Fsp3) is 0.526. The van der Waals surface area contributed by atoms with E-state index in [1.807, 2.05) is 26.0 Å². The number of ether oxygens (including phenoxy) is 1. The number of benzene rings is 1. The van der Waals surface area contributed by atoms with Crippen LogP contribution in [0.3, 0.4) is 0 Å². The summed E-state index contributed by atoms with van der Waals surface area (Å²) in [5.74, 6) is -0.349. The van der Waals surface area contributed by atoms with Gasteiger partial charge in [0.25, 0.3) is 0 Å². The zero-order valence-corrected chi connectivity index (χ0v) is 15.2. The second-order valence-corrected chi connectivity index (χ2v) is 7.05. The quantitative estimate of drug-likeness (QED) is 0.896. The first-order valence-corrected chi connectivity index (χ1v) is 9.10. The molecule has 0 spiro atoms. The van der Waals surface area contributed by atoms with Gasteiger partial charge in [0.05, 0.1) is 23.8 Å². The second kappa shape index (κ2) is 7.76. The number of nitrogens with zero attached hydrogens (tertiary/aromatic N) is 2. The summed E-state index contributed by atoms with van der Waals surface area (Å²) >= 11 is 0. The van der Waals surface area contributed by atoms with Gasteiger partial charge in [-0.3, -0.25) is 14.5 Å². The largest absolute Gasteiger partial charge is 0.447 e. The minimum atomic E-state index is -0.405. The van der Waals surface area contributed by atoms with E-state index in [0.29, 0.717) is 37.6 Å². The van der Waals surface area contributed by atoms with Crippen molar-refractivity contribution in [2.24, 2.45) is 11.8 Å². The van der Waals surface area contributed by atoms with Crippen molar-refractivity contribution >= 4 is 29.3 Å². The van der Waals surface area contributed by atoms with Crippen LogP contribution in [0.15, 0.2) is 24.3 Å². The maximum Gasteiger partial charge on any atom is 0.414 e. The van der Waals surface area contributed by atoms with Crippen molar-refractivity contribution in [2.45, 2.75) is 26.7 Å². The summed E-state index contributed by atoms with van der Waals surface area (Å²) in [6, 6.07) is 7.20. The van der Waals surface area contributed by atoms with Crippen molar-refractivity contribution < 1.29 is 19.1 Å². The first-order valence-electron chi connectivity index (χ1n) is 9.10. The number of cyclic esters (lactones) is 1. The van der Waals surface area contributed by atoms with Crippen LogP contribution in [0, 0.1) is 11.8 Å². The number of hydrogen-bond acceptors (Lipinski definition) is 4. The van der Waals surface area contributed by atoms with Crippen molar-refractivity contribution in [3.63, 3.8) is 0 Å². The van der Waals surface area contributed by atoms with Crippen LogP contribution < -0.4 is 10.2 Å². The number of rotatable bonds is 4. The SMILES string of the molecule is CC(C)C(=O)N1CCCC(C(=O)Nc2ccccc2N2CCOC2=O)C1. The molecular weight excluding hydrogens is 334 g/mol. The smallest absolute Gasteiger partial charge is 0.414 e. The summed E-state index contributed by atoms with van der Waals surface area (Å²) in [5.41, 5.74) is 1.22. The van der Waals surface area contributed by atoms with Crippen LogP contribution >= 0.6 is 0 Å². The number of amides is 3. The molecule has 1 atom stereocenters. The van der Waals surface area contributed by atoms with Crippen LogP contribution in [0.25, 0.3) is 0 Å². The summed E-state index contributed by atoms with van der Waals surface area (Å²) in [7, 11) is 0. The van der Waals surface area contributed by atoms with E-state index in [9.17, 15) is 14.4 Å². The molecule has 1 aromatic rings. The summed E-state index contributed by atoms with van der Waals surface area (Å²) in [4.78, 5) is 40.1. The van der Waals surface area contributed by atoms with E-state index >= 15 is 0 Å². The Morgan fingerprint density at radius 3 is 2.69 bits per heavy atom. The maximum atomic E-state index is 12.8. The monoisotopic (exact) mass is 359 g/mol. The third-order valence-electron chi connectivity index (χ3n) is 4.81. The summed E-state index contributed by atoms with van der Waals surface area (Å²) < 4.78 is 4.99. The number of hydrogen-bond donors (Lipinski definition) is 1. The molecule has 2 heterocycles. The van der Waals surface area contributed by atoms with Crippen LogP contribution in [-0.2, 0) is 14.3 Å². The van der Waals surface area contributed by atoms with Gasteiger partial charge in [0.2, 0.25) is 11.8 Å². The topological polar surface area (TPSA) is 79.0 Å². The predicted octanol–water partition coefficient (Wildman–Crippen LogP) is 2.48. The van der Waals surface area contributed by atoms with Crippen LogP contribution in [0.1, 0.15) is 26.7 Å². The molecule has 3 rings (SSSR count). The van der Waals surface area contributed by atoms with Crippen LogP contribution in [-0.4, -0.2) is 49.0 Å². The number of piperidine rings is 1. The first kappa shape index (κ1) is 18.2. The molecule has 1 N–H and O–H groups in total. The Morgan fingerprint density at radius 1 is 1.23 bits per heavy atom. The summed E-state index contributed by atoms with van der Waals surface area (Å²) in [6.45, 7) is 5.70. The fourth-order valence-electron chi connectivity index (χ4n) is 3.42. The molecule has 2 aliphatic heterocycles. The highest BCUT2D eigenvalue weighted by molar-refractivity contribution is 6.00. The van der Waals surface area contributed by atoms with Crippen LogP contribution in [0.2, 0.25) is 0 Å². The van der Waals surface area contributed by atoms with Crippen molar-refractivity contribution in [1.29, 1.82) is 0 Å². The zero-order valence-electron chi connectivity index (χ0n) is 15.2. The van der Waals surface area contributed by atoms with Gasteiger partial charge in [-0.2, -0.15) is 0 Å². The Bertz CT molecular complexity index is 704. The molecule has 0 bridgehead atoms. The van der Waals surface area contributed by atoms with Gasteiger partial charge in [-0.15, -0.1) is 0 Å². The highest BCUT2D eigenvalue weighted by Crippen LogP contribution is 2.29. The van der Waals surface area contributed by atoms with E-state index in [1.54, 1.807) is 17.0 Å². The Balaban J connectivity index is 1.70. The maximum absolute atomic E-state index is 12.8. The lowest BCUT2D eigenvalue weighted by atomic mass is 9.96. The van der Waals surface area contributed by atoms with E-state index in [2.05, 4.69) is 5.32 Å². The number of para-hydroxylation sites is 2. The Hall–Kier alpha value is -2.57. The first-order chi connectivity index (χ1) is 12.5. The molecule has 1 unspecified atom stereocenters. The van der Waals surface area contributed by atoms with E-state index in [0.717, 1.165) is 12.8 Å². The third kappa shape index (κ3) is 3.81. The zero-order chi connectivity index (χ0) is 18.7. The van der Waals surface area contributed by atoms with Gasteiger partial charge in [0, 0.05) is 19.0 Å². The summed E-state index contributed by atoms with van der Waals surface area (Å²) in [6.07, 6.45) is 1.16. The van der Waals surface area contributed by atoms with E-state index in [-0.39, 0.29) is 23.7 Å². The minimum absolute atomic E-state index is 0.0706. The molecule has 0 aliphatic carbocycles. The predicted molar refractivity (Wildman–Crippen MR) is 97.9 cm³/mol. The molecule has 0 saturated carbocycles. The van der Waals surface area contributed by atoms with Gasteiger partial charge < -0.3 is 15.0 Å². The molecule has 1 aromatic carbocycles. The van der Waals surface area contributed by atoms with E-state index in [4.69, 9.17) is 4.74 Å². The van der Waals surface area contributed by atoms with Gasteiger partial charge in [0.15, 0.2) is 0 Å². The van der Waals surface area contributed by atoms with Crippen LogP contribution in [0.4, 0.5) is 16.2 Å². The van der Waals surface area contributed by atoms with E-state index in [1.165, 1.54) is 4.90 Å². The van der Waals surface area contributed by atoms with Gasteiger partial charge in [-0.25, -0.2) is 4.79 Å². The minimum Gasteiger partial charge on any atom is -0.447 e. The summed E-state index contributed by atoms with van der Waals surface area (Å²) in [5, 5.41) is 2.94. The molecule has 0 aromatic heterocycles. The van der Waals surface area contributed by atoms with Gasteiger partial charge in [0.1, 0.15) is 6.61 Å². The third-order valence-corrected chi connectivity index (χ3v) is 4.81. The van der Waals surface area contributed by atoms with Crippen molar-refractivity contribution in [2.75, 3.05) is 36.5 Å². The number of anilines is 2. The molecule has 140 valence electrons. The molecule has 2 fully saturated rings. The molecule has 7 nitrogen and oxygen atoms in total. The molecule has 2 saturated heterocycles. The Labute approximate surface area is 153 Å². The highest BCUT2D eigenvalue weighted by Gasteiger charge is 2.31. The molecule has 0 radical (unpaired) electrons. The average Bonchev–Trinajstić information content (AvgIpc) is 3.07. The number of likely N-dealkylation sites (tertiary alicyclic amines) is 1. The van der Waals surface area contributed by atoms with Crippen molar-refractivity contribution in [3.8, 4) is 0 Å². The normalized spacial score (nSPS) is 20.3.